The Balaban J connectivity index is 2.29. The third kappa shape index (κ3) is 3.56. The monoisotopic (exact) mass is 267 g/mol. The highest BCUT2D eigenvalue weighted by atomic mass is 79.9. The highest BCUT2D eigenvalue weighted by molar-refractivity contribution is 9.10. The molecule has 5 heteroatoms. The van der Waals surface area contributed by atoms with Gasteiger partial charge in [0.25, 0.3) is 0 Å². The van der Waals surface area contributed by atoms with Crippen LogP contribution in [-0.4, -0.2) is 11.9 Å². The van der Waals surface area contributed by atoms with Crippen molar-refractivity contribution in [1.82, 2.24) is 5.32 Å². The normalized spacial score (nSPS) is 9.83. The first-order chi connectivity index (χ1) is 5.68. The van der Waals surface area contributed by atoms with Crippen LogP contribution in [0.2, 0.25) is 0 Å². The van der Waals surface area contributed by atoms with Crippen LogP contribution in [0.3, 0.4) is 0 Å². The number of carbonyl (C=O) groups is 1. The van der Waals surface area contributed by atoms with E-state index in [2.05, 4.69) is 21.2 Å². The fourth-order valence-corrected chi connectivity index (χ4v) is 2.32. The molecule has 0 aromatic carbocycles. The molecular formula is C7H7BrClNOS. The van der Waals surface area contributed by atoms with Crippen LogP contribution < -0.4 is 5.32 Å². The number of hydrogen-bond donors (Lipinski definition) is 1. The Morgan fingerprint density at radius 1 is 1.75 bits per heavy atom. The van der Waals surface area contributed by atoms with Crippen molar-refractivity contribution in [2.75, 3.05) is 6.54 Å². The number of hydrogen-bond acceptors (Lipinski definition) is 2. The Morgan fingerprint density at radius 3 is 3.00 bits per heavy atom. The van der Waals surface area contributed by atoms with Crippen molar-refractivity contribution in [2.45, 2.75) is 6.42 Å². The second kappa shape index (κ2) is 4.84. The molecule has 66 valence electrons. The first-order valence-electron chi connectivity index (χ1n) is 3.35. The molecule has 1 amide bonds. The smallest absolute Gasteiger partial charge is 0.313 e. The summed E-state index contributed by atoms with van der Waals surface area (Å²) in [5, 5.41) is 4.04. The Bertz CT molecular complexity index is 276. The molecule has 0 saturated carbocycles. The Morgan fingerprint density at radius 2 is 2.50 bits per heavy atom. The fraction of sp³-hybridized carbons (Fsp3) is 0.286. The topological polar surface area (TPSA) is 29.1 Å². The maximum absolute atomic E-state index is 10.3. The molecule has 0 aliphatic carbocycles. The van der Waals surface area contributed by atoms with E-state index >= 15 is 0 Å². The van der Waals surface area contributed by atoms with Crippen molar-refractivity contribution in [1.29, 1.82) is 0 Å². The molecule has 0 spiro atoms. The predicted octanol–water partition coefficient (Wildman–Crippen LogP) is 3.00. The van der Waals surface area contributed by atoms with Gasteiger partial charge < -0.3 is 5.32 Å². The maximum atomic E-state index is 10.3. The van der Waals surface area contributed by atoms with E-state index in [1.807, 2.05) is 11.4 Å². The van der Waals surface area contributed by atoms with E-state index in [-0.39, 0.29) is 0 Å². The number of thiophene rings is 1. The van der Waals surface area contributed by atoms with Gasteiger partial charge in [-0.2, -0.15) is 0 Å². The number of amides is 1. The van der Waals surface area contributed by atoms with Crippen molar-refractivity contribution >= 4 is 44.2 Å². The maximum Gasteiger partial charge on any atom is 0.313 e. The van der Waals surface area contributed by atoms with Gasteiger partial charge in [0.05, 0.1) is 0 Å². The summed E-state index contributed by atoms with van der Waals surface area (Å²) in [6.45, 7) is 0.593. The van der Waals surface area contributed by atoms with Crippen molar-refractivity contribution < 1.29 is 4.79 Å². The molecule has 0 radical (unpaired) electrons. The average molecular weight is 269 g/mol. The SMILES string of the molecule is O=C(Cl)NCCc1cc(Br)cs1. The van der Waals surface area contributed by atoms with Gasteiger partial charge in [-0.05, 0) is 40.0 Å². The van der Waals surface area contributed by atoms with E-state index in [1.165, 1.54) is 4.88 Å². The van der Waals surface area contributed by atoms with Gasteiger partial charge in [0.1, 0.15) is 0 Å². The van der Waals surface area contributed by atoms with Crippen LogP contribution >= 0.6 is 38.9 Å². The summed E-state index contributed by atoms with van der Waals surface area (Å²) in [5.41, 5.74) is 0. The lowest BCUT2D eigenvalue weighted by molar-refractivity contribution is 0.260. The zero-order valence-electron chi connectivity index (χ0n) is 6.14. The molecule has 0 aliphatic heterocycles. The van der Waals surface area contributed by atoms with Gasteiger partial charge in [0, 0.05) is 21.3 Å². The summed E-state index contributed by atoms with van der Waals surface area (Å²) in [6.07, 6.45) is 0.828. The Labute approximate surface area is 88.0 Å². The van der Waals surface area contributed by atoms with E-state index in [4.69, 9.17) is 11.6 Å². The van der Waals surface area contributed by atoms with Crippen LogP contribution in [0.15, 0.2) is 15.9 Å². The zero-order valence-corrected chi connectivity index (χ0v) is 9.30. The van der Waals surface area contributed by atoms with Crippen LogP contribution in [0.4, 0.5) is 4.79 Å². The van der Waals surface area contributed by atoms with Gasteiger partial charge in [0.15, 0.2) is 0 Å². The summed E-state index contributed by atoms with van der Waals surface area (Å²) in [6, 6.07) is 2.03. The van der Waals surface area contributed by atoms with Crippen LogP contribution in [-0.2, 0) is 6.42 Å². The van der Waals surface area contributed by atoms with Crippen molar-refractivity contribution in [2.24, 2.45) is 0 Å². The molecule has 0 atom stereocenters. The van der Waals surface area contributed by atoms with Crippen molar-refractivity contribution in [3.63, 3.8) is 0 Å². The van der Waals surface area contributed by atoms with E-state index in [1.54, 1.807) is 11.3 Å². The molecule has 0 bridgehead atoms. The second-order valence-electron chi connectivity index (χ2n) is 2.18. The molecule has 1 rings (SSSR count). The third-order valence-electron chi connectivity index (χ3n) is 1.26. The van der Waals surface area contributed by atoms with Crippen LogP contribution in [0.5, 0.6) is 0 Å². The molecule has 0 saturated heterocycles. The number of nitrogens with one attached hydrogen (secondary N) is 1. The summed E-state index contributed by atoms with van der Waals surface area (Å²) < 4.78 is 1.08. The Hall–Kier alpha value is -0.0600. The largest absolute Gasteiger partial charge is 0.342 e. The average Bonchev–Trinajstić information content (AvgIpc) is 2.35. The molecule has 0 unspecified atom stereocenters. The lowest BCUT2D eigenvalue weighted by Crippen LogP contribution is -2.18. The van der Waals surface area contributed by atoms with Crippen molar-refractivity contribution in [3.05, 3.63) is 20.8 Å². The van der Waals surface area contributed by atoms with Gasteiger partial charge in [-0.1, -0.05) is 0 Å². The summed E-state index contributed by atoms with van der Waals surface area (Å²) in [7, 11) is 0. The fourth-order valence-electron chi connectivity index (χ4n) is 0.769. The van der Waals surface area contributed by atoms with E-state index in [0.29, 0.717) is 6.54 Å². The molecule has 1 N–H and O–H groups in total. The van der Waals surface area contributed by atoms with E-state index in [0.717, 1.165) is 10.9 Å². The standard InChI is InChI=1S/C7H7BrClNOS/c8-5-3-6(12-4-5)1-2-10-7(9)11/h3-4H,1-2H2,(H,10,11). The molecule has 1 aromatic rings. The minimum absolute atomic E-state index is 0.495. The van der Waals surface area contributed by atoms with Gasteiger partial charge in [0.2, 0.25) is 0 Å². The molecule has 0 fully saturated rings. The predicted molar refractivity (Wildman–Crippen MR) is 55.0 cm³/mol. The van der Waals surface area contributed by atoms with Gasteiger partial charge in [-0.3, -0.25) is 4.79 Å². The lowest BCUT2D eigenvalue weighted by atomic mass is 10.3. The number of halogens is 2. The van der Waals surface area contributed by atoms with Crippen LogP contribution in [0.25, 0.3) is 0 Å². The number of carbonyl (C=O) groups excluding carboxylic acids is 1. The Kier molecular flexibility index (Phi) is 4.05. The number of rotatable bonds is 3. The van der Waals surface area contributed by atoms with Gasteiger partial charge in [-0.15, -0.1) is 11.3 Å². The summed E-state index contributed by atoms with van der Waals surface area (Å²) in [5.74, 6) is 0. The van der Waals surface area contributed by atoms with E-state index in [9.17, 15) is 4.79 Å². The quantitative estimate of drug-likeness (QED) is 0.663. The molecule has 12 heavy (non-hydrogen) atoms. The summed E-state index contributed by atoms with van der Waals surface area (Å²) >= 11 is 10.1. The minimum Gasteiger partial charge on any atom is -0.342 e. The van der Waals surface area contributed by atoms with E-state index < -0.39 is 5.37 Å². The van der Waals surface area contributed by atoms with Crippen LogP contribution in [0, 0.1) is 0 Å². The summed E-state index contributed by atoms with van der Waals surface area (Å²) in [4.78, 5) is 11.5. The third-order valence-corrected chi connectivity index (χ3v) is 3.15. The first kappa shape index (κ1) is 10.0. The lowest BCUT2D eigenvalue weighted by Gasteiger charge is -1.96. The first-order valence-corrected chi connectivity index (χ1v) is 5.40. The molecule has 2 nitrogen and oxygen atoms in total. The van der Waals surface area contributed by atoms with Gasteiger partial charge >= 0.3 is 5.37 Å². The van der Waals surface area contributed by atoms with Gasteiger partial charge in [-0.25, -0.2) is 0 Å². The molecule has 0 aliphatic rings. The molecular weight excluding hydrogens is 262 g/mol. The zero-order chi connectivity index (χ0) is 8.97. The van der Waals surface area contributed by atoms with Crippen LogP contribution in [0.1, 0.15) is 4.88 Å². The second-order valence-corrected chi connectivity index (χ2v) is 4.44. The van der Waals surface area contributed by atoms with Crippen molar-refractivity contribution in [3.8, 4) is 0 Å². The highest BCUT2D eigenvalue weighted by Crippen LogP contribution is 2.19. The molecule has 1 aromatic heterocycles. The molecule has 1 heterocycles. The minimum atomic E-state index is -0.495. The highest BCUT2D eigenvalue weighted by Gasteiger charge is 1.98.